The molecule has 3 rings (SSSR count). The lowest BCUT2D eigenvalue weighted by molar-refractivity contribution is -0.181. The molecular formula is C20H23F3N4O2S. The number of aryl methyl sites for hydroxylation is 1. The number of thiazole rings is 1. The summed E-state index contributed by atoms with van der Waals surface area (Å²) in [5.41, 5.74) is 4.38. The second kappa shape index (κ2) is 7.98. The van der Waals surface area contributed by atoms with Gasteiger partial charge in [0.2, 0.25) is 11.8 Å². The molecule has 0 aliphatic carbocycles. The molecule has 0 saturated carbocycles. The van der Waals surface area contributed by atoms with Crippen LogP contribution < -0.4 is 5.73 Å². The first kappa shape index (κ1) is 22.2. The molecule has 0 spiro atoms. The third-order valence-electron chi connectivity index (χ3n) is 5.42. The largest absolute Gasteiger partial charge is 0.399 e. The highest BCUT2D eigenvalue weighted by Crippen LogP contribution is 2.41. The van der Waals surface area contributed by atoms with Crippen LogP contribution in [0.3, 0.4) is 0 Å². The normalized spacial score (nSPS) is 17.4. The molecule has 1 fully saturated rings. The molecular weight excluding hydrogens is 417 g/mol. The van der Waals surface area contributed by atoms with Crippen LogP contribution in [0.15, 0.2) is 18.3 Å². The van der Waals surface area contributed by atoms with E-state index >= 15 is 0 Å². The molecule has 10 heteroatoms. The number of carbonyl (C=O) groups is 2. The van der Waals surface area contributed by atoms with Crippen LogP contribution in [-0.2, 0) is 21.4 Å². The van der Waals surface area contributed by atoms with Gasteiger partial charge < -0.3 is 10.6 Å². The average Bonchev–Trinajstić information content (AvgIpc) is 3.28. The van der Waals surface area contributed by atoms with Crippen molar-refractivity contribution in [2.75, 3.05) is 6.54 Å². The maximum Gasteiger partial charge on any atom is 0.399 e. The molecule has 1 aliphatic rings. The Kier molecular flexibility index (Phi) is 5.90. The minimum absolute atomic E-state index is 0.0152. The van der Waals surface area contributed by atoms with Gasteiger partial charge in [-0.25, -0.2) is 4.98 Å². The summed E-state index contributed by atoms with van der Waals surface area (Å²) in [6.45, 7) is 4.41. The minimum atomic E-state index is -4.44. The Morgan fingerprint density at radius 1 is 1.33 bits per heavy atom. The number of amides is 2. The summed E-state index contributed by atoms with van der Waals surface area (Å²) in [5, 5.41) is 0.538. The molecule has 0 bridgehead atoms. The van der Waals surface area contributed by atoms with Crippen molar-refractivity contribution in [3.05, 3.63) is 34.7 Å². The number of halogens is 3. The first-order valence-electron chi connectivity index (χ1n) is 9.50. The molecule has 0 aromatic carbocycles. The molecule has 2 aromatic heterocycles. The predicted molar refractivity (Wildman–Crippen MR) is 107 cm³/mol. The van der Waals surface area contributed by atoms with Crippen LogP contribution in [0.25, 0.3) is 10.4 Å². The van der Waals surface area contributed by atoms with E-state index in [4.69, 9.17) is 5.73 Å². The number of primary amides is 1. The van der Waals surface area contributed by atoms with Gasteiger partial charge in [-0.15, -0.1) is 11.3 Å². The zero-order valence-corrected chi connectivity index (χ0v) is 17.7. The highest BCUT2D eigenvalue weighted by atomic mass is 32.1. The van der Waals surface area contributed by atoms with Crippen LogP contribution in [0.4, 0.5) is 13.2 Å². The van der Waals surface area contributed by atoms with Crippen LogP contribution >= 0.6 is 11.3 Å². The van der Waals surface area contributed by atoms with Crippen molar-refractivity contribution in [2.45, 2.75) is 57.7 Å². The molecule has 1 unspecified atom stereocenters. The van der Waals surface area contributed by atoms with E-state index in [0.29, 0.717) is 34.1 Å². The van der Waals surface area contributed by atoms with Crippen LogP contribution in [0.2, 0.25) is 0 Å². The first-order chi connectivity index (χ1) is 13.9. The van der Waals surface area contributed by atoms with Crippen molar-refractivity contribution in [1.29, 1.82) is 0 Å². The molecule has 2 N–H and O–H groups in total. The van der Waals surface area contributed by atoms with Crippen LogP contribution in [0, 0.1) is 6.92 Å². The maximum absolute atomic E-state index is 13.4. The van der Waals surface area contributed by atoms with Gasteiger partial charge in [0.15, 0.2) is 0 Å². The monoisotopic (exact) mass is 440 g/mol. The lowest BCUT2D eigenvalue weighted by Crippen LogP contribution is -2.44. The quantitative estimate of drug-likeness (QED) is 0.772. The molecule has 3 heterocycles. The van der Waals surface area contributed by atoms with Crippen molar-refractivity contribution in [3.63, 3.8) is 0 Å². The topological polar surface area (TPSA) is 89.2 Å². The molecule has 1 atom stereocenters. The average molecular weight is 440 g/mol. The van der Waals surface area contributed by atoms with E-state index in [1.807, 2.05) is 0 Å². The highest BCUT2D eigenvalue weighted by Gasteiger charge is 2.49. The molecule has 1 saturated heterocycles. The number of nitrogens with zero attached hydrogens (tertiary/aromatic N) is 3. The number of hydrogen-bond acceptors (Lipinski definition) is 5. The van der Waals surface area contributed by atoms with Crippen molar-refractivity contribution < 1.29 is 22.8 Å². The third kappa shape index (κ3) is 4.19. The van der Waals surface area contributed by atoms with Crippen LogP contribution in [0.5, 0.6) is 0 Å². The number of hydrogen-bond donors (Lipinski definition) is 1. The van der Waals surface area contributed by atoms with Gasteiger partial charge in [-0.05, 0) is 51.3 Å². The van der Waals surface area contributed by atoms with Gasteiger partial charge in [-0.2, -0.15) is 13.2 Å². The van der Waals surface area contributed by atoms with Gasteiger partial charge in [0.25, 0.3) is 0 Å². The van der Waals surface area contributed by atoms with Crippen molar-refractivity contribution in [2.24, 2.45) is 5.73 Å². The van der Waals surface area contributed by atoms with E-state index in [1.54, 1.807) is 13.0 Å². The summed E-state index contributed by atoms with van der Waals surface area (Å²) in [6, 6.07) is 2.46. The van der Waals surface area contributed by atoms with E-state index in [1.165, 1.54) is 28.5 Å². The number of pyridine rings is 1. The number of likely N-dealkylation sites (tertiary alicyclic amines) is 1. The highest BCUT2D eigenvalue weighted by molar-refractivity contribution is 7.15. The summed E-state index contributed by atoms with van der Waals surface area (Å²) in [7, 11) is 0. The lowest BCUT2D eigenvalue weighted by atomic mass is 9.87. The fourth-order valence-corrected chi connectivity index (χ4v) is 4.50. The number of rotatable bonds is 5. The van der Waals surface area contributed by atoms with Gasteiger partial charge in [0, 0.05) is 12.7 Å². The fraction of sp³-hybridized carbons (Fsp3) is 0.500. The zero-order chi connectivity index (χ0) is 22.3. The SMILES string of the molecule is Cc1nc(CC(=O)N2CCCC2C(N)=O)sc1-c1ccnc(C(C)(C)C(F)(F)F)c1. The summed E-state index contributed by atoms with van der Waals surface area (Å²) in [5.74, 6) is -0.751. The molecule has 6 nitrogen and oxygen atoms in total. The lowest BCUT2D eigenvalue weighted by Gasteiger charge is -2.27. The Labute approximate surface area is 176 Å². The van der Waals surface area contributed by atoms with Gasteiger partial charge in [-0.1, -0.05) is 0 Å². The second-order valence-electron chi connectivity index (χ2n) is 7.90. The Balaban J connectivity index is 1.84. The number of alkyl halides is 3. The van der Waals surface area contributed by atoms with Crippen LogP contribution in [0.1, 0.15) is 43.1 Å². The summed E-state index contributed by atoms with van der Waals surface area (Å²) in [4.78, 5) is 34.7. The third-order valence-corrected chi connectivity index (χ3v) is 6.62. The predicted octanol–water partition coefficient (Wildman–Crippen LogP) is 3.37. The fourth-order valence-electron chi connectivity index (χ4n) is 3.45. The maximum atomic E-state index is 13.4. The van der Waals surface area contributed by atoms with Gasteiger partial charge in [-0.3, -0.25) is 14.6 Å². The van der Waals surface area contributed by atoms with E-state index in [0.717, 1.165) is 20.3 Å². The van der Waals surface area contributed by atoms with Gasteiger partial charge >= 0.3 is 6.18 Å². The zero-order valence-electron chi connectivity index (χ0n) is 16.9. The summed E-state index contributed by atoms with van der Waals surface area (Å²) < 4.78 is 40.2. The number of nitrogens with two attached hydrogens (primary N) is 1. The second-order valence-corrected chi connectivity index (χ2v) is 8.98. The van der Waals surface area contributed by atoms with E-state index in [-0.39, 0.29) is 18.0 Å². The van der Waals surface area contributed by atoms with E-state index in [2.05, 4.69) is 9.97 Å². The Morgan fingerprint density at radius 3 is 2.67 bits per heavy atom. The van der Waals surface area contributed by atoms with Crippen molar-refractivity contribution in [1.82, 2.24) is 14.9 Å². The van der Waals surface area contributed by atoms with E-state index < -0.39 is 23.5 Å². The molecule has 1 aliphatic heterocycles. The van der Waals surface area contributed by atoms with Gasteiger partial charge in [0.1, 0.15) is 16.5 Å². The van der Waals surface area contributed by atoms with Crippen molar-refractivity contribution in [3.8, 4) is 10.4 Å². The Bertz CT molecular complexity index is 971. The standard InChI is InChI=1S/C20H23F3N4O2S/c1-11-17(12-6-7-25-14(9-12)19(2,3)20(21,22)23)30-15(26-11)10-16(28)27-8-4-5-13(27)18(24)29/h6-7,9,13H,4-5,8,10H2,1-3H3,(H2,24,29). The smallest absolute Gasteiger partial charge is 0.368 e. The molecule has 2 aromatic rings. The summed E-state index contributed by atoms with van der Waals surface area (Å²) >= 11 is 1.25. The Morgan fingerprint density at radius 2 is 2.03 bits per heavy atom. The Hall–Kier alpha value is -2.49. The molecule has 0 radical (unpaired) electrons. The number of carbonyl (C=O) groups excluding carboxylic acids is 2. The van der Waals surface area contributed by atoms with Gasteiger partial charge in [0.05, 0.1) is 22.7 Å². The molecule has 162 valence electrons. The minimum Gasteiger partial charge on any atom is -0.368 e. The van der Waals surface area contributed by atoms with Crippen molar-refractivity contribution >= 4 is 23.2 Å². The number of aromatic nitrogens is 2. The molecule has 2 amide bonds. The first-order valence-corrected chi connectivity index (χ1v) is 10.3. The van der Waals surface area contributed by atoms with E-state index in [9.17, 15) is 22.8 Å². The summed E-state index contributed by atoms with van der Waals surface area (Å²) in [6.07, 6.45) is -1.80. The van der Waals surface area contributed by atoms with Crippen LogP contribution in [-0.4, -0.2) is 45.4 Å². The molecule has 30 heavy (non-hydrogen) atoms.